The van der Waals surface area contributed by atoms with Crippen LogP contribution in [0.15, 0.2) is 18.2 Å². The number of unbranched alkanes of at least 4 members (excludes halogenated alkanes) is 1. The zero-order chi connectivity index (χ0) is 15.1. The van der Waals surface area contributed by atoms with E-state index < -0.39 is 10.9 Å². The first-order chi connectivity index (χ1) is 9.43. The van der Waals surface area contributed by atoms with E-state index >= 15 is 0 Å². The highest BCUT2D eigenvalue weighted by atomic mass is 16.6. The van der Waals surface area contributed by atoms with Crippen LogP contribution in [0, 0.1) is 10.1 Å². The molecule has 1 aromatic carbocycles. The van der Waals surface area contributed by atoms with E-state index in [1.54, 1.807) is 0 Å². The Balaban J connectivity index is 2.72. The molecule has 0 atom stereocenters. The number of carbonyl (C=O) groups is 1. The minimum atomic E-state index is -1.30. The number of nitro groups is 1. The largest absolute Gasteiger partial charge is 0.477 e. The maximum Gasteiger partial charge on any atom is 0.342 e. The van der Waals surface area contributed by atoms with Gasteiger partial charge in [0.15, 0.2) is 0 Å². The van der Waals surface area contributed by atoms with Gasteiger partial charge in [0.2, 0.25) is 0 Å². The van der Waals surface area contributed by atoms with Crippen LogP contribution >= 0.6 is 0 Å². The maximum absolute atomic E-state index is 11.0. The van der Waals surface area contributed by atoms with Crippen LogP contribution in [-0.4, -0.2) is 48.1 Å². The van der Waals surface area contributed by atoms with Crippen LogP contribution in [-0.2, 0) is 0 Å². The van der Waals surface area contributed by atoms with Crippen LogP contribution in [0.3, 0.4) is 0 Å². The van der Waals surface area contributed by atoms with Gasteiger partial charge in [-0.05, 0) is 45.6 Å². The summed E-state index contributed by atoms with van der Waals surface area (Å²) in [7, 11) is 3.96. The van der Waals surface area contributed by atoms with Crippen molar-refractivity contribution in [3.05, 3.63) is 33.9 Å². The number of carboxylic acids is 1. The van der Waals surface area contributed by atoms with E-state index in [-0.39, 0.29) is 16.9 Å². The quantitative estimate of drug-likeness (QED) is 0.430. The monoisotopic (exact) mass is 281 g/mol. The first-order valence-electron chi connectivity index (χ1n) is 6.32. The summed E-state index contributed by atoms with van der Waals surface area (Å²) in [5, 5.41) is 22.9. The molecular weight excluding hydrogens is 262 g/mol. The molecule has 0 aliphatic rings. The van der Waals surface area contributed by atoms with Crippen molar-refractivity contribution in [3.63, 3.8) is 0 Å². The third kappa shape index (κ3) is 4.51. The summed E-state index contributed by atoms with van der Waals surface area (Å²) >= 11 is 0. The van der Waals surface area contributed by atoms with Crippen molar-refractivity contribution in [1.29, 1.82) is 0 Å². The summed E-state index contributed by atoms with van der Waals surface area (Å²) in [4.78, 5) is 23.4. The van der Waals surface area contributed by atoms with E-state index in [1.165, 1.54) is 18.2 Å². The molecular formula is C13H19N3O4. The topological polar surface area (TPSA) is 95.7 Å². The molecule has 1 rings (SSSR count). The van der Waals surface area contributed by atoms with Crippen molar-refractivity contribution in [2.75, 3.05) is 32.5 Å². The number of nitrogens with one attached hydrogen (secondary N) is 1. The molecule has 7 heteroatoms. The molecule has 20 heavy (non-hydrogen) atoms. The molecule has 0 bridgehead atoms. The second-order valence-corrected chi connectivity index (χ2v) is 4.70. The Morgan fingerprint density at radius 2 is 2.10 bits per heavy atom. The van der Waals surface area contributed by atoms with Crippen LogP contribution in [0.5, 0.6) is 0 Å². The number of rotatable bonds is 8. The molecule has 0 radical (unpaired) electrons. The summed E-state index contributed by atoms with van der Waals surface area (Å²) < 4.78 is 0. The summed E-state index contributed by atoms with van der Waals surface area (Å²) in [5.74, 6) is -1.30. The molecule has 0 aliphatic heterocycles. The van der Waals surface area contributed by atoms with Gasteiger partial charge in [-0.3, -0.25) is 10.1 Å². The average molecular weight is 281 g/mol. The third-order valence-electron chi connectivity index (χ3n) is 2.80. The van der Waals surface area contributed by atoms with Crippen LogP contribution in [0.25, 0.3) is 0 Å². The van der Waals surface area contributed by atoms with Crippen LogP contribution in [0.1, 0.15) is 23.2 Å². The van der Waals surface area contributed by atoms with Crippen LogP contribution < -0.4 is 5.32 Å². The van der Waals surface area contributed by atoms with E-state index in [0.717, 1.165) is 19.4 Å². The number of carboxylic acid groups (broad SMARTS) is 1. The number of benzene rings is 1. The van der Waals surface area contributed by atoms with Crippen LogP contribution in [0.2, 0.25) is 0 Å². The van der Waals surface area contributed by atoms with Gasteiger partial charge in [0.05, 0.1) is 4.92 Å². The van der Waals surface area contributed by atoms with Crippen molar-refractivity contribution >= 4 is 17.3 Å². The lowest BCUT2D eigenvalue weighted by atomic mass is 10.1. The standard InChI is InChI=1S/C13H19N3O4/c1-15(2)9-4-3-8-14-11-7-5-6-10(13(17)18)12(11)16(19)20/h5-7,14H,3-4,8-9H2,1-2H3,(H,17,18). The molecule has 0 amide bonds. The van der Waals surface area contributed by atoms with Crippen molar-refractivity contribution in [2.24, 2.45) is 0 Å². The molecule has 0 aliphatic carbocycles. The second-order valence-electron chi connectivity index (χ2n) is 4.70. The predicted molar refractivity (Wildman–Crippen MR) is 76.3 cm³/mol. The SMILES string of the molecule is CN(C)CCCCNc1cccc(C(=O)O)c1[N+](=O)[O-]. The molecule has 0 saturated carbocycles. The molecule has 0 unspecified atom stereocenters. The Hall–Kier alpha value is -2.15. The van der Waals surface area contributed by atoms with Gasteiger partial charge in [-0.15, -0.1) is 0 Å². The average Bonchev–Trinajstić information content (AvgIpc) is 2.37. The van der Waals surface area contributed by atoms with Gasteiger partial charge >= 0.3 is 11.7 Å². The van der Waals surface area contributed by atoms with Crippen molar-refractivity contribution in [1.82, 2.24) is 4.90 Å². The van der Waals surface area contributed by atoms with Crippen molar-refractivity contribution in [3.8, 4) is 0 Å². The van der Waals surface area contributed by atoms with Gasteiger partial charge in [0, 0.05) is 6.54 Å². The fourth-order valence-electron chi connectivity index (χ4n) is 1.83. The lowest BCUT2D eigenvalue weighted by molar-refractivity contribution is -0.384. The smallest absolute Gasteiger partial charge is 0.342 e. The molecule has 7 nitrogen and oxygen atoms in total. The predicted octanol–water partition coefficient (Wildman–Crippen LogP) is 2.05. The fraction of sp³-hybridized carbons (Fsp3) is 0.462. The van der Waals surface area contributed by atoms with Gasteiger partial charge in [0.25, 0.3) is 0 Å². The van der Waals surface area contributed by atoms with E-state index in [4.69, 9.17) is 5.11 Å². The van der Waals surface area contributed by atoms with Crippen molar-refractivity contribution in [2.45, 2.75) is 12.8 Å². The molecule has 0 aromatic heterocycles. The fourth-order valence-corrected chi connectivity index (χ4v) is 1.83. The zero-order valence-electron chi connectivity index (χ0n) is 11.6. The lowest BCUT2D eigenvalue weighted by Gasteiger charge is -2.10. The molecule has 0 spiro atoms. The molecule has 0 fully saturated rings. The van der Waals surface area contributed by atoms with E-state index in [2.05, 4.69) is 10.2 Å². The number of hydrogen-bond acceptors (Lipinski definition) is 5. The Kier molecular flexibility index (Phi) is 5.92. The van der Waals surface area contributed by atoms with E-state index in [9.17, 15) is 14.9 Å². The Labute approximate surface area is 117 Å². The maximum atomic E-state index is 11.0. The first-order valence-corrected chi connectivity index (χ1v) is 6.32. The third-order valence-corrected chi connectivity index (χ3v) is 2.80. The van der Waals surface area contributed by atoms with Crippen molar-refractivity contribution < 1.29 is 14.8 Å². The number of nitrogens with zero attached hydrogens (tertiary/aromatic N) is 2. The molecule has 2 N–H and O–H groups in total. The highest BCUT2D eigenvalue weighted by Crippen LogP contribution is 2.28. The number of anilines is 1. The van der Waals surface area contributed by atoms with E-state index in [0.29, 0.717) is 6.54 Å². The van der Waals surface area contributed by atoms with Crippen LogP contribution in [0.4, 0.5) is 11.4 Å². The second kappa shape index (κ2) is 7.44. The summed E-state index contributed by atoms with van der Waals surface area (Å²) in [5.41, 5.74) is -0.430. The highest BCUT2D eigenvalue weighted by molar-refractivity contribution is 5.95. The molecule has 0 saturated heterocycles. The number of hydrogen-bond donors (Lipinski definition) is 2. The number of aromatic carboxylic acids is 1. The Bertz CT molecular complexity index is 489. The molecule has 1 aromatic rings. The number of nitro benzene ring substituents is 1. The summed E-state index contributed by atoms with van der Waals surface area (Å²) in [6, 6.07) is 4.26. The summed E-state index contributed by atoms with van der Waals surface area (Å²) in [6.07, 6.45) is 1.82. The van der Waals surface area contributed by atoms with Gasteiger partial charge in [-0.25, -0.2) is 4.79 Å². The minimum Gasteiger partial charge on any atom is -0.477 e. The van der Waals surface area contributed by atoms with Gasteiger partial charge in [-0.2, -0.15) is 0 Å². The summed E-state index contributed by atoms with van der Waals surface area (Å²) in [6.45, 7) is 1.51. The van der Waals surface area contributed by atoms with E-state index in [1.807, 2.05) is 14.1 Å². The minimum absolute atomic E-state index is 0.250. The Morgan fingerprint density at radius 1 is 1.40 bits per heavy atom. The van der Waals surface area contributed by atoms with Gasteiger partial charge in [0.1, 0.15) is 11.3 Å². The molecule has 0 heterocycles. The zero-order valence-corrected chi connectivity index (χ0v) is 11.6. The van der Waals surface area contributed by atoms with Gasteiger partial charge < -0.3 is 15.3 Å². The molecule has 110 valence electrons. The highest BCUT2D eigenvalue weighted by Gasteiger charge is 2.23. The Morgan fingerprint density at radius 3 is 2.65 bits per heavy atom. The first kappa shape index (κ1) is 15.9. The lowest BCUT2D eigenvalue weighted by Crippen LogP contribution is -2.14. The normalized spacial score (nSPS) is 10.6. The van der Waals surface area contributed by atoms with Gasteiger partial charge in [-0.1, -0.05) is 6.07 Å². The number of para-hydroxylation sites is 1.